The van der Waals surface area contributed by atoms with E-state index in [0.29, 0.717) is 16.6 Å². The van der Waals surface area contributed by atoms with Gasteiger partial charge in [-0.05, 0) is 24.3 Å². The minimum atomic E-state index is 0.565. The van der Waals surface area contributed by atoms with Crippen molar-refractivity contribution in [3.05, 3.63) is 45.3 Å². The Morgan fingerprint density at radius 3 is 2.53 bits per heavy atom. The molecule has 2 aromatic rings. The standard InChI is InChI=1S/C11H9Cl2NS/c12-7-1-3-9(10(13)5-7)11-4-2-8(6-14)15-11/h1-5H,6,14H2. The fourth-order valence-electron chi connectivity index (χ4n) is 1.32. The van der Waals surface area contributed by atoms with Gasteiger partial charge in [0, 0.05) is 26.9 Å². The highest BCUT2D eigenvalue weighted by molar-refractivity contribution is 7.15. The van der Waals surface area contributed by atoms with Gasteiger partial charge in [-0.3, -0.25) is 0 Å². The summed E-state index contributed by atoms with van der Waals surface area (Å²) < 4.78 is 0. The molecule has 2 rings (SSSR count). The molecule has 0 aliphatic carbocycles. The predicted octanol–water partition coefficient (Wildman–Crippen LogP) is 4.18. The topological polar surface area (TPSA) is 26.0 Å². The molecule has 0 radical (unpaired) electrons. The Labute approximate surface area is 102 Å². The Morgan fingerprint density at radius 2 is 1.93 bits per heavy atom. The van der Waals surface area contributed by atoms with Crippen molar-refractivity contribution in [3.63, 3.8) is 0 Å². The molecule has 1 aromatic heterocycles. The van der Waals surface area contributed by atoms with Gasteiger partial charge in [-0.2, -0.15) is 0 Å². The second-order valence-corrected chi connectivity index (χ2v) is 5.11. The Kier molecular flexibility index (Phi) is 3.32. The fraction of sp³-hybridized carbons (Fsp3) is 0.0909. The molecule has 0 unspecified atom stereocenters. The van der Waals surface area contributed by atoms with Crippen molar-refractivity contribution in [2.75, 3.05) is 0 Å². The summed E-state index contributed by atoms with van der Waals surface area (Å²) in [4.78, 5) is 2.27. The maximum Gasteiger partial charge on any atom is 0.0507 e. The molecule has 1 heterocycles. The first-order valence-corrected chi connectivity index (χ1v) is 6.02. The summed E-state index contributed by atoms with van der Waals surface area (Å²) in [6.45, 7) is 0.565. The molecule has 0 fully saturated rings. The molecule has 0 amide bonds. The maximum atomic E-state index is 6.11. The Balaban J connectivity index is 2.44. The van der Waals surface area contributed by atoms with Gasteiger partial charge in [0.25, 0.3) is 0 Å². The molecule has 1 nitrogen and oxygen atoms in total. The molecule has 0 spiro atoms. The molecule has 0 atom stereocenters. The van der Waals surface area contributed by atoms with E-state index in [1.807, 2.05) is 24.3 Å². The highest BCUT2D eigenvalue weighted by Crippen LogP contribution is 2.34. The summed E-state index contributed by atoms with van der Waals surface area (Å²) in [5.74, 6) is 0. The minimum Gasteiger partial charge on any atom is -0.326 e. The molecule has 4 heteroatoms. The Hall–Kier alpha value is -0.540. The molecular formula is C11H9Cl2NS. The van der Waals surface area contributed by atoms with Crippen molar-refractivity contribution in [3.8, 4) is 10.4 Å². The molecular weight excluding hydrogens is 249 g/mol. The second-order valence-electron chi connectivity index (χ2n) is 3.09. The summed E-state index contributed by atoms with van der Waals surface area (Å²) in [6.07, 6.45) is 0. The molecule has 0 saturated heterocycles. The van der Waals surface area contributed by atoms with Crippen LogP contribution in [0.4, 0.5) is 0 Å². The predicted molar refractivity (Wildman–Crippen MR) is 67.7 cm³/mol. The van der Waals surface area contributed by atoms with Crippen LogP contribution in [0.1, 0.15) is 4.88 Å². The average molecular weight is 258 g/mol. The van der Waals surface area contributed by atoms with Crippen LogP contribution >= 0.6 is 34.5 Å². The van der Waals surface area contributed by atoms with Crippen LogP contribution in [0.5, 0.6) is 0 Å². The molecule has 2 N–H and O–H groups in total. The van der Waals surface area contributed by atoms with Gasteiger partial charge in [0.1, 0.15) is 0 Å². The van der Waals surface area contributed by atoms with Crippen LogP contribution in [-0.4, -0.2) is 0 Å². The third-order valence-corrected chi connectivity index (χ3v) is 3.75. The van der Waals surface area contributed by atoms with Gasteiger partial charge in [0.2, 0.25) is 0 Å². The fourth-order valence-corrected chi connectivity index (χ4v) is 2.81. The van der Waals surface area contributed by atoms with Crippen molar-refractivity contribution in [2.45, 2.75) is 6.54 Å². The Morgan fingerprint density at radius 1 is 1.13 bits per heavy atom. The quantitative estimate of drug-likeness (QED) is 0.859. The SMILES string of the molecule is NCc1ccc(-c2ccc(Cl)cc2Cl)s1. The van der Waals surface area contributed by atoms with Gasteiger partial charge < -0.3 is 5.73 Å². The van der Waals surface area contributed by atoms with E-state index in [1.165, 1.54) is 0 Å². The van der Waals surface area contributed by atoms with Crippen LogP contribution in [-0.2, 0) is 6.54 Å². The number of halogens is 2. The van der Waals surface area contributed by atoms with Crippen molar-refractivity contribution < 1.29 is 0 Å². The molecule has 78 valence electrons. The third-order valence-electron chi connectivity index (χ3n) is 2.06. The number of hydrogen-bond donors (Lipinski definition) is 1. The average Bonchev–Trinajstić information content (AvgIpc) is 2.66. The summed E-state index contributed by atoms with van der Waals surface area (Å²) in [7, 11) is 0. The summed E-state index contributed by atoms with van der Waals surface area (Å²) in [5.41, 5.74) is 6.57. The van der Waals surface area contributed by atoms with Crippen LogP contribution in [0.15, 0.2) is 30.3 Å². The molecule has 1 aromatic carbocycles. The molecule has 0 bridgehead atoms. The lowest BCUT2D eigenvalue weighted by atomic mass is 10.2. The van der Waals surface area contributed by atoms with Crippen molar-refractivity contribution in [1.29, 1.82) is 0 Å². The van der Waals surface area contributed by atoms with E-state index in [0.717, 1.165) is 15.3 Å². The normalized spacial score (nSPS) is 10.6. The van der Waals surface area contributed by atoms with E-state index in [9.17, 15) is 0 Å². The molecule has 15 heavy (non-hydrogen) atoms. The summed E-state index contributed by atoms with van der Waals surface area (Å²) >= 11 is 13.6. The van der Waals surface area contributed by atoms with E-state index >= 15 is 0 Å². The zero-order valence-electron chi connectivity index (χ0n) is 7.84. The maximum absolute atomic E-state index is 6.11. The Bertz CT molecular complexity index is 479. The zero-order chi connectivity index (χ0) is 10.8. The highest BCUT2D eigenvalue weighted by atomic mass is 35.5. The number of hydrogen-bond acceptors (Lipinski definition) is 2. The van der Waals surface area contributed by atoms with Gasteiger partial charge in [0.05, 0.1) is 5.02 Å². The van der Waals surface area contributed by atoms with Crippen molar-refractivity contribution >= 4 is 34.5 Å². The number of nitrogens with two attached hydrogens (primary N) is 1. The summed E-state index contributed by atoms with van der Waals surface area (Å²) in [5, 5.41) is 1.33. The molecule has 0 aliphatic heterocycles. The number of rotatable bonds is 2. The molecule has 0 saturated carbocycles. The van der Waals surface area contributed by atoms with Crippen LogP contribution < -0.4 is 5.73 Å². The lowest BCUT2D eigenvalue weighted by Crippen LogP contribution is -1.90. The smallest absolute Gasteiger partial charge is 0.0507 e. The van der Waals surface area contributed by atoms with E-state index < -0.39 is 0 Å². The van der Waals surface area contributed by atoms with Crippen LogP contribution in [0.2, 0.25) is 10.0 Å². The second kappa shape index (κ2) is 4.54. The van der Waals surface area contributed by atoms with E-state index in [4.69, 9.17) is 28.9 Å². The van der Waals surface area contributed by atoms with Gasteiger partial charge >= 0.3 is 0 Å². The van der Waals surface area contributed by atoms with E-state index in [2.05, 4.69) is 0 Å². The largest absolute Gasteiger partial charge is 0.326 e. The van der Waals surface area contributed by atoms with Crippen molar-refractivity contribution in [2.24, 2.45) is 5.73 Å². The lowest BCUT2D eigenvalue weighted by molar-refractivity contribution is 1.11. The number of thiophene rings is 1. The zero-order valence-corrected chi connectivity index (χ0v) is 10.2. The van der Waals surface area contributed by atoms with Crippen LogP contribution in [0, 0.1) is 0 Å². The van der Waals surface area contributed by atoms with Crippen LogP contribution in [0.25, 0.3) is 10.4 Å². The minimum absolute atomic E-state index is 0.565. The number of benzene rings is 1. The monoisotopic (exact) mass is 257 g/mol. The lowest BCUT2D eigenvalue weighted by Gasteiger charge is -2.01. The first-order chi connectivity index (χ1) is 7.20. The van der Waals surface area contributed by atoms with Gasteiger partial charge in [0.15, 0.2) is 0 Å². The third kappa shape index (κ3) is 2.34. The first kappa shape index (κ1) is 11.0. The van der Waals surface area contributed by atoms with Gasteiger partial charge in [-0.1, -0.05) is 29.3 Å². The first-order valence-electron chi connectivity index (χ1n) is 4.45. The summed E-state index contributed by atoms with van der Waals surface area (Å²) in [6, 6.07) is 9.56. The van der Waals surface area contributed by atoms with E-state index in [-0.39, 0.29) is 0 Å². The highest BCUT2D eigenvalue weighted by Gasteiger charge is 2.06. The van der Waals surface area contributed by atoms with Crippen molar-refractivity contribution in [1.82, 2.24) is 0 Å². The van der Waals surface area contributed by atoms with Gasteiger partial charge in [-0.15, -0.1) is 11.3 Å². The molecule has 0 aliphatic rings. The van der Waals surface area contributed by atoms with Gasteiger partial charge in [-0.25, -0.2) is 0 Å². The van der Waals surface area contributed by atoms with Crippen LogP contribution in [0.3, 0.4) is 0 Å². The van der Waals surface area contributed by atoms with E-state index in [1.54, 1.807) is 17.4 Å².